The molecule has 0 aromatic heterocycles. The summed E-state index contributed by atoms with van der Waals surface area (Å²) in [5.41, 5.74) is 2.15. The zero-order chi connectivity index (χ0) is 24.9. The lowest BCUT2D eigenvalue weighted by Crippen LogP contribution is -2.39. The number of nitrogens with zero attached hydrogens (tertiary/aromatic N) is 2. The van der Waals surface area contributed by atoms with Gasteiger partial charge in [-0.05, 0) is 31.5 Å². The topological polar surface area (TPSA) is 88.5 Å². The number of hydrogen-bond donors (Lipinski definition) is 1. The Bertz CT molecular complexity index is 1110. The Morgan fingerprint density at radius 1 is 1.03 bits per heavy atom. The molecule has 2 aliphatic rings. The van der Waals surface area contributed by atoms with Crippen molar-refractivity contribution in [2.24, 2.45) is 0 Å². The highest BCUT2D eigenvalue weighted by molar-refractivity contribution is 6.46. The second-order valence-electron chi connectivity index (χ2n) is 8.77. The van der Waals surface area contributed by atoms with Crippen LogP contribution in [0.5, 0.6) is 11.5 Å². The highest BCUT2D eigenvalue weighted by atomic mass is 16.5. The Hall–Kier alpha value is -3.36. The van der Waals surface area contributed by atoms with Crippen LogP contribution in [0.1, 0.15) is 29.2 Å². The highest BCUT2D eigenvalue weighted by Gasteiger charge is 2.47. The highest BCUT2D eigenvalue weighted by Crippen LogP contribution is 2.43. The van der Waals surface area contributed by atoms with Gasteiger partial charge in [-0.25, -0.2) is 0 Å². The quantitative estimate of drug-likeness (QED) is 0.353. The summed E-state index contributed by atoms with van der Waals surface area (Å²) < 4.78 is 16.4. The van der Waals surface area contributed by atoms with Gasteiger partial charge in [0.2, 0.25) is 0 Å². The maximum Gasteiger partial charge on any atom is 0.295 e. The second-order valence-corrected chi connectivity index (χ2v) is 8.77. The van der Waals surface area contributed by atoms with Gasteiger partial charge in [-0.15, -0.1) is 0 Å². The van der Waals surface area contributed by atoms with Crippen LogP contribution in [0.15, 0.2) is 48.0 Å². The summed E-state index contributed by atoms with van der Waals surface area (Å²) in [6.45, 7) is 6.17. The molecule has 0 saturated carbocycles. The molecule has 1 atom stereocenters. The summed E-state index contributed by atoms with van der Waals surface area (Å²) >= 11 is 0. The molecule has 2 fully saturated rings. The Morgan fingerprint density at radius 2 is 1.74 bits per heavy atom. The van der Waals surface area contributed by atoms with E-state index < -0.39 is 17.7 Å². The number of carbonyl (C=O) groups is 2. The van der Waals surface area contributed by atoms with Crippen LogP contribution < -0.4 is 9.47 Å². The van der Waals surface area contributed by atoms with Crippen molar-refractivity contribution in [2.45, 2.75) is 19.4 Å². The lowest BCUT2D eigenvalue weighted by molar-refractivity contribution is -0.140. The van der Waals surface area contributed by atoms with Crippen molar-refractivity contribution in [3.8, 4) is 11.5 Å². The number of amides is 1. The Labute approximate surface area is 205 Å². The SMILES string of the molecule is COc1ccc(OC)c([C@@H]2/C(=C(\O)c3ccc(C)cc3)C(=O)C(=O)N2CCCN2CCOCC2)c1. The van der Waals surface area contributed by atoms with Crippen molar-refractivity contribution in [2.75, 3.05) is 53.6 Å². The Morgan fingerprint density at radius 3 is 2.40 bits per heavy atom. The average molecular weight is 481 g/mol. The maximum absolute atomic E-state index is 13.3. The molecule has 4 rings (SSSR count). The fourth-order valence-electron chi connectivity index (χ4n) is 4.64. The molecule has 0 spiro atoms. The number of morpholine rings is 1. The molecule has 2 aromatic carbocycles. The molecule has 186 valence electrons. The molecule has 2 aliphatic heterocycles. The number of Topliss-reactive ketones (excluding diaryl/α,β-unsaturated/α-hetero) is 1. The van der Waals surface area contributed by atoms with Gasteiger partial charge in [0.15, 0.2) is 0 Å². The van der Waals surface area contributed by atoms with E-state index in [9.17, 15) is 14.7 Å². The third-order valence-electron chi connectivity index (χ3n) is 6.57. The minimum atomic E-state index is -0.800. The fourth-order valence-corrected chi connectivity index (χ4v) is 4.64. The summed E-state index contributed by atoms with van der Waals surface area (Å²) in [4.78, 5) is 30.4. The van der Waals surface area contributed by atoms with Gasteiger partial charge in [-0.1, -0.05) is 29.8 Å². The van der Waals surface area contributed by atoms with E-state index in [2.05, 4.69) is 4.90 Å². The van der Waals surface area contributed by atoms with Crippen molar-refractivity contribution in [1.82, 2.24) is 9.80 Å². The van der Waals surface area contributed by atoms with E-state index in [1.165, 1.54) is 7.11 Å². The number of hydrogen-bond acceptors (Lipinski definition) is 7. The van der Waals surface area contributed by atoms with Crippen LogP contribution in [0.3, 0.4) is 0 Å². The van der Waals surface area contributed by atoms with Crippen molar-refractivity contribution in [1.29, 1.82) is 0 Å². The van der Waals surface area contributed by atoms with E-state index >= 15 is 0 Å². The van der Waals surface area contributed by atoms with Crippen molar-refractivity contribution in [3.05, 3.63) is 64.7 Å². The number of aryl methyl sites for hydroxylation is 1. The molecule has 0 radical (unpaired) electrons. The van der Waals surface area contributed by atoms with Crippen LogP contribution in [0.2, 0.25) is 0 Å². The van der Waals surface area contributed by atoms with E-state index in [0.717, 1.165) is 25.2 Å². The molecule has 2 saturated heterocycles. The summed E-state index contributed by atoms with van der Waals surface area (Å²) in [6, 6.07) is 11.7. The van der Waals surface area contributed by atoms with Crippen molar-refractivity contribution in [3.63, 3.8) is 0 Å². The molecular weight excluding hydrogens is 448 g/mol. The lowest BCUT2D eigenvalue weighted by atomic mass is 9.94. The van der Waals surface area contributed by atoms with Gasteiger partial charge >= 0.3 is 0 Å². The number of aliphatic hydroxyl groups is 1. The Balaban J connectivity index is 1.75. The van der Waals surface area contributed by atoms with Crippen LogP contribution in [0.4, 0.5) is 0 Å². The number of carbonyl (C=O) groups excluding carboxylic acids is 2. The predicted molar refractivity (Wildman–Crippen MR) is 132 cm³/mol. The third kappa shape index (κ3) is 5.18. The minimum Gasteiger partial charge on any atom is -0.507 e. The molecule has 0 bridgehead atoms. The molecule has 2 aromatic rings. The van der Waals surface area contributed by atoms with Crippen molar-refractivity contribution < 1.29 is 28.9 Å². The van der Waals surface area contributed by atoms with E-state index in [1.54, 1.807) is 42.3 Å². The molecule has 8 heteroatoms. The minimum absolute atomic E-state index is 0.0526. The van der Waals surface area contributed by atoms with Crippen LogP contribution in [-0.2, 0) is 14.3 Å². The zero-order valence-corrected chi connectivity index (χ0v) is 20.5. The summed E-state index contributed by atoms with van der Waals surface area (Å²) in [5.74, 6) is -0.463. The largest absolute Gasteiger partial charge is 0.507 e. The molecule has 2 heterocycles. The van der Waals surface area contributed by atoms with Crippen LogP contribution in [0, 0.1) is 6.92 Å². The van der Waals surface area contributed by atoms with E-state index in [4.69, 9.17) is 14.2 Å². The first-order chi connectivity index (χ1) is 16.9. The monoisotopic (exact) mass is 480 g/mol. The number of rotatable bonds is 8. The maximum atomic E-state index is 13.3. The van der Waals surface area contributed by atoms with Gasteiger partial charge in [0, 0.05) is 37.3 Å². The number of methoxy groups -OCH3 is 2. The smallest absolute Gasteiger partial charge is 0.295 e. The summed E-state index contributed by atoms with van der Waals surface area (Å²) in [5, 5.41) is 11.3. The van der Waals surface area contributed by atoms with Gasteiger partial charge in [0.05, 0.1) is 39.0 Å². The average Bonchev–Trinajstić information content (AvgIpc) is 3.14. The molecule has 8 nitrogen and oxygen atoms in total. The lowest BCUT2D eigenvalue weighted by Gasteiger charge is -2.29. The standard InChI is InChI=1S/C27H32N2O6/c1-18-5-7-19(8-6-18)25(30)23-24(21-17-20(33-2)9-10-22(21)34-3)29(27(32)26(23)31)12-4-11-28-13-15-35-16-14-28/h5-10,17,24,30H,4,11-16H2,1-3H3/b25-23+/t24-/m1/s1. The number of likely N-dealkylation sites (tertiary alicyclic amines) is 1. The summed E-state index contributed by atoms with van der Waals surface area (Å²) in [6.07, 6.45) is 0.681. The number of ketones is 1. The van der Waals surface area contributed by atoms with Gasteiger partial charge < -0.3 is 24.2 Å². The van der Waals surface area contributed by atoms with Gasteiger partial charge in [-0.2, -0.15) is 0 Å². The number of benzene rings is 2. The van der Waals surface area contributed by atoms with Crippen LogP contribution in [0.25, 0.3) is 5.76 Å². The number of aliphatic hydroxyl groups excluding tert-OH is 1. The molecule has 0 unspecified atom stereocenters. The first-order valence-corrected chi connectivity index (χ1v) is 11.8. The zero-order valence-electron chi connectivity index (χ0n) is 20.5. The molecule has 1 N–H and O–H groups in total. The second kappa shape index (κ2) is 10.9. The van der Waals surface area contributed by atoms with Crippen LogP contribution in [-0.4, -0.2) is 80.2 Å². The Kier molecular flexibility index (Phi) is 7.73. The molecule has 1 amide bonds. The third-order valence-corrected chi connectivity index (χ3v) is 6.57. The van der Waals surface area contributed by atoms with Crippen LogP contribution >= 0.6 is 0 Å². The van der Waals surface area contributed by atoms with E-state index in [-0.39, 0.29) is 11.3 Å². The first kappa shape index (κ1) is 24.8. The van der Waals surface area contributed by atoms with E-state index in [0.29, 0.717) is 48.8 Å². The van der Waals surface area contributed by atoms with Crippen molar-refractivity contribution >= 4 is 17.4 Å². The fraction of sp³-hybridized carbons (Fsp3) is 0.407. The van der Waals surface area contributed by atoms with E-state index in [1.807, 2.05) is 19.1 Å². The first-order valence-electron chi connectivity index (χ1n) is 11.8. The van der Waals surface area contributed by atoms with Gasteiger partial charge in [-0.3, -0.25) is 14.5 Å². The molecule has 35 heavy (non-hydrogen) atoms. The predicted octanol–water partition coefficient (Wildman–Crippen LogP) is 3.16. The summed E-state index contributed by atoms with van der Waals surface area (Å²) in [7, 11) is 3.09. The van der Waals surface area contributed by atoms with Gasteiger partial charge in [0.1, 0.15) is 17.3 Å². The normalized spacial score (nSPS) is 20.3. The van der Waals surface area contributed by atoms with Gasteiger partial charge in [0.25, 0.3) is 11.7 Å². The number of ether oxygens (including phenoxy) is 3. The molecular formula is C27H32N2O6. The molecule has 0 aliphatic carbocycles.